The van der Waals surface area contributed by atoms with Crippen molar-refractivity contribution in [1.82, 2.24) is 5.43 Å². The molecule has 0 radical (unpaired) electrons. The first-order valence-electron chi connectivity index (χ1n) is 9.11. The largest absolute Gasteiger partial charge is 0.507 e. The summed E-state index contributed by atoms with van der Waals surface area (Å²) in [7, 11) is 0. The Kier molecular flexibility index (Phi) is 5.87. The Bertz CT molecular complexity index is 532. The summed E-state index contributed by atoms with van der Waals surface area (Å²) in [5, 5.41) is 15.6. The average molecular weight is 333 g/mol. The molecule has 0 amide bonds. The van der Waals surface area contributed by atoms with Gasteiger partial charge in [-0.05, 0) is 25.0 Å². The van der Waals surface area contributed by atoms with Crippen LogP contribution in [0.3, 0.4) is 0 Å². The van der Waals surface area contributed by atoms with Gasteiger partial charge >= 0.3 is 0 Å². The van der Waals surface area contributed by atoms with Crippen molar-refractivity contribution in [3.05, 3.63) is 29.8 Å². The number of benzene rings is 1. The third kappa shape index (κ3) is 4.43. The molecule has 1 saturated carbocycles. The van der Waals surface area contributed by atoms with Gasteiger partial charge in [-0.2, -0.15) is 5.10 Å². The normalized spacial score (nSPS) is 22.7. The predicted molar refractivity (Wildman–Crippen MR) is 98.9 cm³/mol. The molecule has 0 aromatic heterocycles. The lowest BCUT2D eigenvalue weighted by Crippen LogP contribution is -2.35. The molecule has 1 aromatic rings. The van der Waals surface area contributed by atoms with Crippen molar-refractivity contribution in [2.24, 2.45) is 5.10 Å². The average Bonchev–Trinajstić information content (AvgIpc) is 2.96. The Morgan fingerprint density at radius 3 is 2.04 bits per heavy atom. The second-order valence-corrected chi connectivity index (χ2v) is 8.20. The van der Waals surface area contributed by atoms with Crippen LogP contribution >= 0.6 is 11.8 Å². The molecule has 0 bridgehead atoms. The van der Waals surface area contributed by atoms with Crippen LogP contribution in [0.4, 0.5) is 0 Å². The molecule has 1 spiro atoms. The minimum atomic E-state index is 0.0385. The van der Waals surface area contributed by atoms with E-state index in [0.29, 0.717) is 5.75 Å². The minimum Gasteiger partial charge on any atom is -0.507 e. The Morgan fingerprint density at radius 2 is 1.43 bits per heavy atom. The Balaban J connectivity index is 1.66. The molecule has 0 saturated heterocycles. The molecule has 0 unspecified atom stereocenters. The number of hydrogen-bond acceptors (Lipinski definition) is 4. The van der Waals surface area contributed by atoms with E-state index in [1.54, 1.807) is 6.07 Å². The van der Waals surface area contributed by atoms with Crippen LogP contribution in [0.5, 0.6) is 5.75 Å². The third-order valence-electron chi connectivity index (χ3n) is 4.95. The van der Waals surface area contributed by atoms with Crippen LogP contribution in [-0.4, -0.2) is 15.0 Å². The summed E-state index contributed by atoms with van der Waals surface area (Å²) >= 11 is 1.83. The highest BCUT2D eigenvalue weighted by Crippen LogP contribution is 2.41. The van der Waals surface area contributed by atoms with Crippen LogP contribution < -0.4 is 5.43 Å². The fraction of sp³-hybridized carbons (Fsp3) is 0.632. The van der Waals surface area contributed by atoms with Crippen molar-refractivity contribution in [3.63, 3.8) is 0 Å². The van der Waals surface area contributed by atoms with Crippen LogP contribution in [0.15, 0.2) is 29.4 Å². The number of aromatic hydroxyl groups is 1. The van der Waals surface area contributed by atoms with Crippen molar-refractivity contribution < 1.29 is 5.11 Å². The van der Waals surface area contributed by atoms with Gasteiger partial charge in [0.05, 0.1) is 5.56 Å². The fourth-order valence-corrected chi connectivity index (χ4v) is 4.88. The number of phenols is 1. The summed E-state index contributed by atoms with van der Waals surface area (Å²) in [5.74, 6) is 0.325. The van der Waals surface area contributed by atoms with Gasteiger partial charge in [0.2, 0.25) is 0 Å². The van der Waals surface area contributed by atoms with Gasteiger partial charge < -0.3 is 5.11 Å². The van der Waals surface area contributed by atoms with Gasteiger partial charge in [0.25, 0.3) is 0 Å². The molecule has 0 atom stereocenters. The van der Waals surface area contributed by atoms with E-state index in [9.17, 15) is 5.11 Å². The number of hydrogen-bond donors (Lipinski definition) is 2. The number of rotatable bonds is 1. The first-order valence-corrected chi connectivity index (χ1v) is 9.93. The zero-order chi connectivity index (χ0) is 16.0. The monoisotopic (exact) mass is 332 g/mol. The van der Waals surface area contributed by atoms with Gasteiger partial charge in [0, 0.05) is 0 Å². The number of nitrogens with one attached hydrogen (secondary N) is 1. The molecular formula is C19H28N2OS. The van der Waals surface area contributed by atoms with Gasteiger partial charge in [-0.1, -0.05) is 81.7 Å². The summed E-state index contributed by atoms with van der Waals surface area (Å²) in [4.78, 5) is 0.0385. The number of thioether (sulfide) groups is 1. The van der Waals surface area contributed by atoms with E-state index in [0.717, 1.165) is 23.4 Å². The summed E-state index contributed by atoms with van der Waals surface area (Å²) < 4.78 is 0. The maximum Gasteiger partial charge on any atom is 0.129 e. The minimum absolute atomic E-state index is 0.0385. The molecular weight excluding hydrogens is 304 g/mol. The van der Waals surface area contributed by atoms with Crippen molar-refractivity contribution in [1.29, 1.82) is 0 Å². The van der Waals surface area contributed by atoms with Crippen LogP contribution in [0.25, 0.3) is 0 Å². The van der Waals surface area contributed by atoms with Gasteiger partial charge in [-0.25, -0.2) is 0 Å². The molecule has 126 valence electrons. The quantitative estimate of drug-likeness (QED) is 0.724. The topological polar surface area (TPSA) is 44.6 Å². The Hall–Kier alpha value is -1.16. The van der Waals surface area contributed by atoms with E-state index in [-0.39, 0.29) is 4.87 Å². The number of para-hydroxylation sites is 1. The van der Waals surface area contributed by atoms with E-state index in [4.69, 9.17) is 0 Å². The Labute approximate surface area is 143 Å². The van der Waals surface area contributed by atoms with Crippen molar-refractivity contribution in [2.75, 3.05) is 0 Å². The second-order valence-electron chi connectivity index (χ2n) is 6.82. The maximum absolute atomic E-state index is 10.1. The number of nitrogens with zero attached hydrogens (tertiary/aromatic N) is 1. The van der Waals surface area contributed by atoms with Crippen LogP contribution in [0.1, 0.15) is 76.2 Å². The highest BCUT2D eigenvalue weighted by Gasteiger charge is 2.37. The summed E-state index contributed by atoms with van der Waals surface area (Å²) in [6.07, 6.45) is 14.5. The lowest BCUT2D eigenvalue weighted by Gasteiger charge is -2.28. The van der Waals surface area contributed by atoms with E-state index in [2.05, 4.69) is 10.5 Å². The van der Waals surface area contributed by atoms with E-state index in [1.165, 1.54) is 57.8 Å². The van der Waals surface area contributed by atoms with Gasteiger partial charge in [-0.3, -0.25) is 5.43 Å². The molecule has 1 aromatic carbocycles. The van der Waals surface area contributed by atoms with Crippen molar-refractivity contribution in [2.45, 2.75) is 75.5 Å². The summed E-state index contributed by atoms with van der Waals surface area (Å²) in [5.41, 5.74) is 4.29. The molecule has 1 heterocycles. The molecule has 1 fully saturated rings. The van der Waals surface area contributed by atoms with Crippen LogP contribution in [0, 0.1) is 0 Å². The first kappa shape index (κ1) is 16.7. The standard InChI is InChI=1S/C19H28N2OS/c22-17-13-9-8-12-16(17)18-20-21-19(23-18)14-10-6-4-2-1-3-5-7-11-15-19/h8-9,12-13,21-22H,1-7,10-11,14-15H2. The van der Waals surface area contributed by atoms with E-state index >= 15 is 0 Å². The molecule has 3 rings (SSSR count). The van der Waals surface area contributed by atoms with E-state index in [1.807, 2.05) is 30.0 Å². The van der Waals surface area contributed by atoms with E-state index < -0.39 is 0 Å². The molecule has 1 aliphatic heterocycles. The summed E-state index contributed by atoms with van der Waals surface area (Å²) in [6, 6.07) is 7.52. The molecule has 3 nitrogen and oxygen atoms in total. The maximum atomic E-state index is 10.1. The van der Waals surface area contributed by atoms with Crippen molar-refractivity contribution in [3.8, 4) is 5.75 Å². The molecule has 23 heavy (non-hydrogen) atoms. The zero-order valence-corrected chi connectivity index (χ0v) is 14.7. The number of phenolic OH excluding ortho intramolecular Hbond substituents is 1. The predicted octanol–water partition coefficient (Wildman–Crippen LogP) is 5.39. The third-order valence-corrected chi connectivity index (χ3v) is 6.34. The first-order chi connectivity index (χ1) is 11.3. The lowest BCUT2D eigenvalue weighted by molar-refractivity contribution is 0.384. The molecule has 2 aliphatic rings. The van der Waals surface area contributed by atoms with Crippen molar-refractivity contribution >= 4 is 16.8 Å². The summed E-state index contributed by atoms with van der Waals surface area (Å²) in [6.45, 7) is 0. The van der Waals surface area contributed by atoms with Crippen LogP contribution in [0.2, 0.25) is 0 Å². The number of hydrazone groups is 1. The fourth-order valence-electron chi connectivity index (χ4n) is 3.55. The molecule has 1 aliphatic carbocycles. The molecule has 4 heteroatoms. The van der Waals surface area contributed by atoms with Crippen LogP contribution in [-0.2, 0) is 0 Å². The SMILES string of the molecule is Oc1ccccc1C1=NNC2(CCCCCCCCCCC2)S1. The highest BCUT2D eigenvalue weighted by molar-refractivity contribution is 8.15. The van der Waals surface area contributed by atoms with Gasteiger partial charge in [-0.15, -0.1) is 0 Å². The molecule has 2 N–H and O–H groups in total. The highest BCUT2D eigenvalue weighted by atomic mass is 32.2. The smallest absolute Gasteiger partial charge is 0.129 e. The van der Waals surface area contributed by atoms with Gasteiger partial charge in [0.1, 0.15) is 15.7 Å². The van der Waals surface area contributed by atoms with Gasteiger partial charge in [0.15, 0.2) is 0 Å². The lowest BCUT2D eigenvalue weighted by atomic mass is 9.98. The Morgan fingerprint density at radius 1 is 0.870 bits per heavy atom. The second kappa shape index (κ2) is 8.09. The zero-order valence-electron chi connectivity index (χ0n) is 13.9.